The van der Waals surface area contributed by atoms with E-state index >= 15 is 0 Å². The first-order chi connectivity index (χ1) is 14.5. The van der Waals surface area contributed by atoms with E-state index in [4.69, 9.17) is 9.47 Å². The van der Waals surface area contributed by atoms with Crippen LogP contribution in [0.5, 0.6) is 5.75 Å². The summed E-state index contributed by atoms with van der Waals surface area (Å²) < 4.78 is 53.9. The Bertz CT molecular complexity index is 829. The molecule has 2 nitrogen and oxygen atoms in total. The monoisotopic (exact) mass is 420 g/mol. The molecule has 5 heteroatoms. The van der Waals surface area contributed by atoms with Crippen molar-refractivity contribution in [2.24, 2.45) is 5.92 Å². The van der Waals surface area contributed by atoms with Crippen LogP contribution in [0.3, 0.4) is 0 Å². The van der Waals surface area contributed by atoms with Crippen LogP contribution in [-0.2, 0) is 4.74 Å². The predicted molar refractivity (Wildman–Crippen MR) is 113 cm³/mol. The number of ether oxygens (including phenoxy) is 2. The van der Waals surface area contributed by atoms with Gasteiger partial charge in [0.1, 0.15) is 5.82 Å². The molecule has 1 heterocycles. The highest BCUT2D eigenvalue weighted by Crippen LogP contribution is 2.36. The van der Waals surface area contributed by atoms with E-state index in [1.54, 1.807) is 6.07 Å². The number of halogens is 3. The van der Waals surface area contributed by atoms with Crippen molar-refractivity contribution >= 4 is 0 Å². The fourth-order valence-corrected chi connectivity index (χ4v) is 4.18. The van der Waals surface area contributed by atoms with Crippen molar-refractivity contribution in [1.29, 1.82) is 0 Å². The Hall–Kier alpha value is -2.01. The highest BCUT2D eigenvalue weighted by Gasteiger charge is 2.24. The maximum Gasteiger partial charge on any atom is 0.201 e. The van der Waals surface area contributed by atoms with Gasteiger partial charge in [0.25, 0.3) is 0 Å². The molecule has 1 aliphatic rings. The van der Waals surface area contributed by atoms with Crippen molar-refractivity contribution in [3.63, 3.8) is 0 Å². The Morgan fingerprint density at radius 1 is 0.933 bits per heavy atom. The first kappa shape index (κ1) is 22.7. The number of rotatable bonds is 9. The minimum Gasteiger partial charge on any atom is -0.494 e. The molecule has 0 saturated carbocycles. The summed E-state index contributed by atoms with van der Waals surface area (Å²) in [7, 11) is 1.26. The Morgan fingerprint density at radius 3 is 2.37 bits per heavy atom. The van der Waals surface area contributed by atoms with Gasteiger partial charge in [0.15, 0.2) is 11.6 Å². The maximum atomic E-state index is 14.8. The zero-order valence-corrected chi connectivity index (χ0v) is 17.9. The van der Waals surface area contributed by atoms with Crippen LogP contribution in [0.15, 0.2) is 30.3 Å². The summed E-state index contributed by atoms with van der Waals surface area (Å²) in [4.78, 5) is 0. The lowest BCUT2D eigenvalue weighted by atomic mass is 9.90. The first-order valence-electron chi connectivity index (χ1n) is 11.0. The molecule has 164 valence electrons. The zero-order valence-electron chi connectivity index (χ0n) is 17.9. The number of hydrogen-bond donors (Lipinski definition) is 0. The highest BCUT2D eigenvalue weighted by molar-refractivity contribution is 5.66. The molecule has 0 radical (unpaired) electrons. The summed E-state index contributed by atoms with van der Waals surface area (Å²) in [5.74, 6) is -2.45. The second-order valence-electron chi connectivity index (χ2n) is 8.15. The van der Waals surface area contributed by atoms with Gasteiger partial charge in [-0.25, -0.2) is 8.78 Å². The molecule has 1 aliphatic heterocycles. The van der Waals surface area contributed by atoms with Gasteiger partial charge in [-0.15, -0.1) is 0 Å². The third-order valence-corrected chi connectivity index (χ3v) is 6.01. The largest absolute Gasteiger partial charge is 0.494 e. The molecule has 0 amide bonds. The van der Waals surface area contributed by atoms with E-state index in [1.165, 1.54) is 69.9 Å². The van der Waals surface area contributed by atoms with Crippen LogP contribution < -0.4 is 4.74 Å². The van der Waals surface area contributed by atoms with Crippen LogP contribution in [0.25, 0.3) is 11.1 Å². The molecule has 0 aliphatic carbocycles. The standard InChI is InChI=1S/C25H31F3O2/c1-3-4-5-6-7-8-17-9-13-22(30-16-17)18-10-11-19(21(26)15-18)20-12-14-23(29-2)25(28)24(20)27/h10-12,14-15,17,22H,3-9,13,16H2,1-2H3. The van der Waals surface area contributed by atoms with E-state index in [1.807, 2.05) is 0 Å². The Morgan fingerprint density at radius 2 is 1.70 bits per heavy atom. The van der Waals surface area contributed by atoms with E-state index in [-0.39, 0.29) is 23.0 Å². The van der Waals surface area contributed by atoms with Gasteiger partial charge in [-0.05, 0) is 48.9 Å². The van der Waals surface area contributed by atoms with Gasteiger partial charge in [-0.3, -0.25) is 0 Å². The summed E-state index contributed by atoms with van der Waals surface area (Å²) >= 11 is 0. The second kappa shape index (κ2) is 10.9. The molecule has 0 bridgehead atoms. The normalized spacial score (nSPS) is 19.1. The molecule has 0 aromatic heterocycles. The fraction of sp³-hybridized carbons (Fsp3) is 0.520. The third-order valence-electron chi connectivity index (χ3n) is 6.01. The lowest BCUT2D eigenvalue weighted by molar-refractivity contribution is -0.0200. The smallest absolute Gasteiger partial charge is 0.201 e. The van der Waals surface area contributed by atoms with Crippen molar-refractivity contribution in [3.05, 3.63) is 53.3 Å². The summed E-state index contributed by atoms with van der Waals surface area (Å²) in [6.45, 7) is 2.91. The highest BCUT2D eigenvalue weighted by atomic mass is 19.2. The minimum absolute atomic E-state index is 0.0265. The van der Waals surface area contributed by atoms with E-state index in [0.29, 0.717) is 12.5 Å². The third kappa shape index (κ3) is 5.37. The fourth-order valence-electron chi connectivity index (χ4n) is 4.18. The number of benzene rings is 2. The first-order valence-corrected chi connectivity index (χ1v) is 11.0. The molecule has 1 saturated heterocycles. The Kier molecular flexibility index (Phi) is 8.20. The topological polar surface area (TPSA) is 18.5 Å². The number of methoxy groups -OCH3 is 1. The lowest BCUT2D eigenvalue weighted by Gasteiger charge is -2.29. The number of hydrogen-bond acceptors (Lipinski definition) is 2. The van der Waals surface area contributed by atoms with Crippen LogP contribution in [0.1, 0.15) is 70.0 Å². The molecule has 0 spiro atoms. The van der Waals surface area contributed by atoms with E-state index in [2.05, 4.69) is 6.92 Å². The minimum atomic E-state index is -1.12. The molecule has 2 unspecified atom stereocenters. The van der Waals surface area contributed by atoms with E-state index < -0.39 is 17.5 Å². The van der Waals surface area contributed by atoms with Crippen molar-refractivity contribution in [2.75, 3.05) is 13.7 Å². The molecule has 2 aromatic rings. The van der Waals surface area contributed by atoms with Gasteiger partial charge >= 0.3 is 0 Å². The maximum absolute atomic E-state index is 14.8. The Labute approximate surface area is 177 Å². The van der Waals surface area contributed by atoms with Gasteiger partial charge in [-0.1, -0.05) is 51.2 Å². The van der Waals surface area contributed by atoms with E-state index in [9.17, 15) is 13.2 Å². The van der Waals surface area contributed by atoms with Gasteiger partial charge in [-0.2, -0.15) is 4.39 Å². The van der Waals surface area contributed by atoms with Crippen molar-refractivity contribution in [3.8, 4) is 16.9 Å². The molecule has 2 aromatic carbocycles. The molecule has 2 atom stereocenters. The van der Waals surface area contributed by atoms with Crippen LogP contribution in [-0.4, -0.2) is 13.7 Å². The average Bonchev–Trinajstić information content (AvgIpc) is 2.76. The predicted octanol–water partition coefficient (Wildman–Crippen LogP) is 7.61. The van der Waals surface area contributed by atoms with Crippen LogP contribution in [0.2, 0.25) is 0 Å². The van der Waals surface area contributed by atoms with Crippen LogP contribution in [0, 0.1) is 23.4 Å². The summed E-state index contributed by atoms with van der Waals surface area (Å²) in [5.41, 5.74) is 0.649. The lowest BCUT2D eigenvalue weighted by Crippen LogP contribution is -2.20. The molecule has 0 N–H and O–H groups in total. The quantitative estimate of drug-likeness (QED) is 0.389. The van der Waals surface area contributed by atoms with Gasteiger partial charge < -0.3 is 9.47 Å². The number of unbranched alkanes of at least 4 members (excludes halogenated alkanes) is 4. The molecule has 3 rings (SSSR count). The molecular weight excluding hydrogens is 389 g/mol. The van der Waals surface area contributed by atoms with Crippen molar-refractivity contribution in [2.45, 2.75) is 64.4 Å². The van der Waals surface area contributed by atoms with Crippen molar-refractivity contribution in [1.82, 2.24) is 0 Å². The van der Waals surface area contributed by atoms with Gasteiger partial charge in [0.2, 0.25) is 5.82 Å². The molecular formula is C25H31F3O2. The second-order valence-corrected chi connectivity index (χ2v) is 8.15. The van der Waals surface area contributed by atoms with Crippen molar-refractivity contribution < 1.29 is 22.6 Å². The summed E-state index contributed by atoms with van der Waals surface area (Å²) in [6, 6.07) is 7.26. The zero-order chi connectivity index (χ0) is 21.5. The van der Waals surface area contributed by atoms with Gasteiger partial charge in [0.05, 0.1) is 19.8 Å². The Balaban J connectivity index is 1.61. The SMILES string of the molecule is CCCCCCCC1CCC(c2ccc(-c3ccc(OC)c(F)c3F)c(F)c2)OC1. The van der Waals surface area contributed by atoms with Crippen LogP contribution >= 0.6 is 0 Å². The molecule has 30 heavy (non-hydrogen) atoms. The summed E-state index contributed by atoms with van der Waals surface area (Å²) in [6.07, 6.45) is 9.34. The van der Waals surface area contributed by atoms with Crippen LogP contribution in [0.4, 0.5) is 13.2 Å². The van der Waals surface area contributed by atoms with E-state index in [0.717, 1.165) is 18.4 Å². The average molecular weight is 421 g/mol. The molecule has 1 fully saturated rings. The summed E-state index contributed by atoms with van der Waals surface area (Å²) in [5, 5.41) is 0. The van der Waals surface area contributed by atoms with Gasteiger partial charge in [0, 0.05) is 11.1 Å².